The van der Waals surface area contributed by atoms with Crippen LogP contribution in [0.15, 0.2) is 17.7 Å². The molecule has 5 nitrogen and oxygen atoms in total. The third-order valence-corrected chi connectivity index (χ3v) is 6.39. The van der Waals surface area contributed by atoms with Gasteiger partial charge in [-0.05, 0) is 32.4 Å². The summed E-state index contributed by atoms with van der Waals surface area (Å²) in [5.41, 5.74) is 2.47. The molecule has 0 saturated carbocycles. The fraction of sp³-hybridized carbons (Fsp3) is 0.737. The molecule has 25 heavy (non-hydrogen) atoms. The lowest BCUT2D eigenvalue weighted by molar-refractivity contribution is 0.144. The number of nitrogens with one attached hydrogen (secondary N) is 1. The summed E-state index contributed by atoms with van der Waals surface area (Å²) >= 11 is 1.74. The Labute approximate surface area is 156 Å². The fourth-order valence-electron chi connectivity index (χ4n) is 3.69. The van der Waals surface area contributed by atoms with Gasteiger partial charge >= 0.3 is 0 Å². The minimum Gasteiger partial charge on any atom is -0.373 e. The van der Waals surface area contributed by atoms with Crippen LogP contribution in [-0.4, -0.2) is 72.0 Å². The zero-order valence-corrected chi connectivity index (χ0v) is 16.8. The van der Waals surface area contributed by atoms with Crippen LogP contribution in [0, 0.1) is 5.92 Å². The van der Waals surface area contributed by atoms with Crippen LogP contribution >= 0.6 is 11.3 Å². The van der Waals surface area contributed by atoms with Crippen molar-refractivity contribution in [3.63, 3.8) is 0 Å². The van der Waals surface area contributed by atoms with Crippen molar-refractivity contribution in [1.82, 2.24) is 19.7 Å². The van der Waals surface area contributed by atoms with Crippen LogP contribution in [0.1, 0.15) is 32.4 Å². The number of hydrogen-bond acceptors (Lipinski definition) is 6. The molecule has 0 spiro atoms. The first-order valence-corrected chi connectivity index (χ1v) is 10.5. The van der Waals surface area contributed by atoms with Gasteiger partial charge in [0.2, 0.25) is 0 Å². The average Bonchev–Trinajstić information content (AvgIpc) is 3.21. The Morgan fingerprint density at radius 1 is 1.32 bits per heavy atom. The predicted octanol–water partition coefficient (Wildman–Crippen LogP) is 2.94. The van der Waals surface area contributed by atoms with E-state index in [1.807, 2.05) is 0 Å². The molecule has 0 radical (unpaired) electrons. The first-order chi connectivity index (χ1) is 12.0. The molecule has 1 aromatic heterocycles. The summed E-state index contributed by atoms with van der Waals surface area (Å²) in [6.07, 6.45) is 2.62. The van der Waals surface area contributed by atoms with Gasteiger partial charge < -0.3 is 15.1 Å². The van der Waals surface area contributed by atoms with Crippen LogP contribution in [0.25, 0.3) is 0 Å². The van der Waals surface area contributed by atoms with E-state index >= 15 is 0 Å². The third kappa shape index (κ3) is 4.96. The number of likely N-dealkylation sites (N-methyl/N-ethyl adjacent to an activating group) is 1. The van der Waals surface area contributed by atoms with Gasteiger partial charge in [0.1, 0.15) is 0 Å². The summed E-state index contributed by atoms with van der Waals surface area (Å²) in [5.74, 6) is 0.539. The van der Waals surface area contributed by atoms with E-state index in [4.69, 9.17) is 4.98 Å². The van der Waals surface area contributed by atoms with Crippen molar-refractivity contribution in [3.05, 3.63) is 23.3 Å². The predicted molar refractivity (Wildman–Crippen MR) is 107 cm³/mol. The summed E-state index contributed by atoms with van der Waals surface area (Å²) in [5, 5.41) is 6.82. The Hall–Kier alpha value is -1.11. The Bertz CT molecular complexity index is 562. The fourth-order valence-corrected chi connectivity index (χ4v) is 4.40. The third-order valence-electron chi connectivity index (χ3n) is 5.54. The number of likely N-dealkylation sites (tertiary alicyclic amines) is 1. The van der Waals surface area contributed by atoms with E-state index in [-0.39, 0.29) is 0 Å². The van der Waals surface area contributed by atoms with Gasteiger partial charge in [0.05, 0.1) is 5.69 Å². The molecule has 0 bridgehead atoms. The lowest BCUT2D eigenvalue weighted by Gasteiger charge is -2.37. The van der Waals surface area contributed by atoms with Gasteiger partial charge in [0.25, 0.3) is 0 Å². The van der Waals surface area contributed by atoms with E-state index in [0.29, 0.717) is 12.0 Å². The maximum Gasteiger partial charge on any atom is 0.182 e. The molecule has 0 amide bonds. The molecule has 2 saturated heterocycles. The molecule has 2 fully saturated rings. The minimum atomic E-state index is 0.539. The van der Waals surface area contributed by atoms with Crippen molar-refractivity contribution >= 4 is 16.5 Å². The zero-order chi connectivity index (χ0) is 17.8. The molecular formula is C19H33N5S. The highest BCUT2D eigenvalue weighted by atomic mass is 32.1. The standard InChI is InChI=1S/C19H33N5S/c1-15(2)16(3)24-10-8-23(9-11-24)13-17-14-25-19(21-17)20-12-18-6-5-7-22(18)4/h14-15,18H,3,5-13H2,1-2,4H3,(H,20,21). The number of anilines is 1. The van der Waals surface area contributed by atoms with E-state index in [2.05, 4.69) is 52.9 Å². The van der Waals surface area contributed by atoms with Crippen LogP contribution in [0.4, 0.5) is 5.13 Å². The van der Waals surface area contributed by atoms with Crippen LogP contribution < -0.4 is 5.32 Å². The smallest absolute Gasteiger partial charge is 0.182 e. The van der Waals surface area contributed by atoms with Crippen LogP contribution in [-0.2, 0) is 6.54 Å². The lowest BCUT2D eigenvalue weighted by atomic mass is 10.1. The van der Waals surface area contributed by atoms with Crippen molar-refractivity contribution in [1.29, 1.82) is 0 Å². The highest BCUT2D eigenvalue weighted by Gasteiger charge is 2.22. The van der Waals surface area contributed by atoms with Gasteiger partial charge in [-0.2, -0.15) is 0 Å². The first kappa shape index (κ1) is 18.7. The van der Waals surface area contributed by atoms with Gasteiger partial charge in [-0.1, -0.05) is 20.4 Å². The van der Waals surface area contributed by atoms with E-state index in [1.54, 1.807) is 11.3 Å². The molecule has 1 atom stereocenters. The van der Waals surface area contributed by atoms with E-state index < -0.39 is 0 Å². The highest BCUT2D eigenvalue weighted by molar-refractivity contribution is 7.13. The number of thiazole rings is 1. The molecule has 1 aromatic rings. The van der Waals surface area contributed by atoms with Crippen molar-refractivity contribution in [2.75, 3.05) is 51.6 Å². The molecule has 0 aliphatic carbocycles. The van der Waals surface area contributed by atoms with E-state index in [1.165, 1.54) is 30.8 Å². The Morgan fingerprint density at radius 3 is 2.72 bits per heavy atom. The maximum atomic E-state index is 4.79. The van der Waals surface area contributed by atoms with Crippen LogP contribution in [0.3, 0.4) is 0 Å². The van der Waals surface area contributed by atoms with Gasteiger partial charge in [-0.15, -0.1) is 11.3 Å². The normalized spacial score (nSPS) is 22.7. The summed E-state index contributed by atoms with van der Waals surface area (Å²) in [6.45, 7) is 16.2. The Morgan fingerprint density at radius 2 is 2.08 bits per heavy atom. The van der Waals surface area contributed by atoms with Gasteiger partial charge in [-0.3, -0.25) is 4.90 Å². The maximum absolute atomic E-state index is 4.79. The quantitative estimate of drug-likeness (QED) is 0.806. The molecule has 140 valence electrons. The summed E-state index contributed by atoms with van der Waals surface area (Å²) < 4.78 is 0. The summed E-state index contributed by atoms with van der Waals surface area (Å²) in [7, 11) is 2.22. The van der Waals surface area contributed by atoms with Crippen molar-refractivity contribution < 1.29 is 0 Å². The van der Waals surface area contributed by atoms with Crippen molar-refractivity contribution in [2.45, 2.75) is 39.3 Å². The second-order valence-electron chi connectivity index (χ2n) is 7.71. The number of piperazine rings is 1. The lowest BCUT2D eigenvalue weighted by Crippen LogP contribution is -2.45. The largest absolute Gasteiger partial charge is 0.373 e. The van der Waals surface area contributed by atoms with Crippen LogP contribution in [0.2, 0.25) is 0 Å². The van der Waals surface area contributed by atoms with E-state index in [9.17, 15) is 0 Å². The molecule has 0 aromatic carbocycles. The molecular weight excluding hydrogens is 330 g/mol. The second-order valence-corrected chi connectivity index (χ2v) is 8.57. The zero-order valence-electron chi connectivity index (χ0n) is 16.0. The van der Waals surface area contributed by atoms with Gasteiger partial charge in [0.15, 0.2) is 5.13 Å². The number of hydrogen-bond donors (Lipinski definition) is 1. The monoisotopic (exact) mass is 363 g/mol. The number of aromatic nitrogens is 1. The first-order valence-electron chi connectivity index (χ1n) is 9.57. The molecule has 3 rings (SSSR count). The number of nitrogens with zero attached hydrogens (tertiary/aromatic N) is 4. The van der Waals surface area contributed by atoms with E-state index in [0.717, 1.165) is 44.4 Å². The topological polar surface area (TPSA) is 34.6 Å². The SMILES string of the molecule is C=C(C(C)C)N1CCN(Cc2csc(NCC3CCCN3C)n2)CC1. The number of allylic oxidation sites excluding steroid dienone is 1. The van der Waals surface area contributed by atoms with Crippen molar-refractivity contribution in [3.8, 4) is 0 Å². The molecule has 6 heteroatoms. The Kier molecular flexibility index (Phi) is 6.36. The molecule has 3 heterocycles. The molecule has 2 aliphatic heterocycles. The highest BCUT2D eigenvalue weighted by Crippen LogP contribution is 2.21. The number of rotatable bonds is 7. The van der Waals surface area contributed by atoms with Gasteiger partial charge in [0, 0.05) is 56.4 Å². The van der Waals surface area contributed by atoms with Crippen molar-refractivity contribution in [2.24, 2.45) is 5.92 Å². The minimum absolute atomic E-state index is 0.539. The summed E-state index contributed by atoms with van der Waals surface area (Å²) in [6, 6.07) is 0.662. The summed E-state index contributed by atoms with van der Waals surface area (Å²) in [4.78, 5) is 12.2. The van der Waals surface area contributed by atoms with Crippen LogP contribution in [0.5, 0.6) is 0 Å². The van der Waals surface area contributed by atoms with Gasteiger partial charge in [-0.25, -0.2) is 4.98 Å². The Balaban J connectivity index is 1.42. The average molecular weight is 364 g/mol. The molecule has 1 N–H and O–H groups in total. The molecule has 1 unspecified atom stereocenters. The second kappa shape index (κ2) is 8.52. The molecule has 2 aliphatic rings.